The van der Waals surface area contributed by atoms with E-state index in [2.05, 4.69) is 15.0 Å². The molecule has 0 bridgehead atoms. The van der Waals surface area contributed by atoms with Crippen molar-refractivity contribution in [1.82, 2.24) is 24.8 Å². The molecule has 1 amide bonds. The Labute approximate surface area is 180 Å². The van der Waals surface area contributed by atoms with Gasteiger partial charge in [-0.2, -0.15) is 0 Å². The summed E-state index contributed by atoms with van der Waals surface area (Å²) >= 11 is 0. The molecule has 4 heterocycles. The van der Waals surface area contributed by atoms with E-state index in [9.17, 15) is 4.79 Å². The van der Waals surface area contributed by atoms with Crippen molar-refractivity contribution in [3.05, 3.63) is 77.2 Å². The lowest BCUT2D eigenvalue weighted by atomic mass is 9.97. The van der Waals surface area contributed by atoms with Gasteiger partial charge in [-0.25, -0.2) is 9.97 Å². The largest absolute Gasteiger partial charge is 0.435 e. The number of oxazole rings is 1. The summed E-state index contributed by atoms with van der Waals surface area (Å²) in [4.78, 5) is 32.6. The van der Waals surface area contributed by atoms with Crippen LogP contribution < -0.4 is 0 Å². The van der Waals surface area contributed by atoms with E-state index in [1.807, 2.05) is 64.1 Å². The Morgan fingerprint density at radius 3 is 2.74 bits per heavy atom. The van der Waals surface area contributed by atoms with Gasteiger partial charge in [-0.3, -0.25) is 9.78 Å². The molecule has 1 aromatic carbocycles. The SMILES string of the molecule is Cc1nc(C(C)(C)C)oc1C(=O)N1CCc2[nH]cnc2[C@@H]1c1ccc2ccccc2n1. The highest BCUT2D eigenvalue weighted by Gasteiger charge is 2.38. The minimum absolute atomic E-state index is 0.186. The van der Waals surface area contributed by atoms with Crippen LogP contribution in [0.3, 0.4) is 0 Å². The third-order valence-corrected chi connectivity index (χ3v) is 5.72. The van der Waals surface area contributed by atoms with Crippen molar-refractivity contribution in [2.45, 2.75) is 45.6 Å². The number of nitrogens with one attached hydrogen (secondary N) is 1. The van der Waals surface area contributed by atoms with Crippen LogP contribution in [0.1, 0.15) is 66.0 Å². The summed E-state index contributed by atoms with van der Waals surface area (Å²) in [6.07, 6.45) is 2.38. The number of carbonyl (C=O) groups excluding carboxylic acids is 1. The number of H-pyrrole nitrogens is 1. The monoisotopic (exact) mass is 415 g/mol. The number of hydrogen-bond acceptors (Lipinski definition) is 5. The number of pyridine rings is 1. The number of aromatic nitrogens is 4. The molecule has 7 heteroatoms. The summed E-state index contributed by atoms with van der Waals surface area (Å²) in [6.45, 7) is 8.42. The van der Waals surface area contributed by atoms with E-state index in [-0.39, 0.29) is 17.1 Å². The number of para-hydroxylation sites is 1. The predicted octanol–water partition coefficient (Wildman–Crippen LogP) is 4.34. The van der Waals surface area contributed by atoms with Gasteiger partial charge in [-0.15, -0.1) is 0 Å². The summed E-state index contributed by atoms with van der Waals surface area (Å²) in [5.41, 5.74) is 3.87. The summed E-state index contributed by atoms with van der Waals surface area (Å²) in [6, 6.07) is 11.6. The summed E-state index contributed by atoms with van der Waals surface area (Å²) in [7, 11) is 0. The van der Waals surface area contributed by atoms with Crippen molar-refractivity contribution >= 4 is 16.8 Å². The molecule has 5 rings (SSSR count). The molecular weight excluding hydrogens is 390 g/mol. The zero-order valence-corrected chi connectivity index (χ0v) is 18.1. The molecule has 0 saturated carbocycles. The molecular formula is C24H25N5O2. The first-order valence-corrected chi connectivity index (χ1v) is 10.5. The fraction of sp³-hybridized carbons (Fsp3) is 0.333. The van der Waals surface area contributed by atoms with E-state index in [1.54, 1.807) is 11.2 Å². The Morgan fingerprint density at radius 1 is 1.16 bits per heavy atom. The molecule has 0 aliphatic carbocycles. The maximum absolute atomic E-state index is 13.7. The maximum Gasteiger partial charge on any atom is 0.292 e. The Morgan fingerprint density at radius 2 is 1.97 bits per heavy atom. The van der Waals surface area contributed by atoms with Crippen LogP contribution in [0, 0.1) is 6.92 Å². The summed E-state index contributed by atoms with van der Waals surface area (Å²) in [5.74, 6) is 0.662. The van der Waals surface area contributed by atoms with Gasteiger partial charge in [0.25, 0.3) is 5.91 Å². The lowest BCUT2D eigenvalue weighted by Gasteiger charge is -2.34. The smallest absolute Gasteiger partial charge is 0.292 e. The number of aryl methyl sites for hydroxylation is 1. The third kappa shape index (κ3) is 3.30. The second kappa shape index (κ2) is 7.04. The number of carbonyl (C=O) groups is 1. The highest BCUT2D eigenvalue weighted by Crippen LogP contribution is 2.35. The first-order chi connectivity index (χ1) is 14.8. The molecule has 0 saturated heterocycles. The zero-order valence-electron chi connectivity index (χ0n) is 18.1. The summed E-state index contributed by atoms with van der Waals surface area (Å²) < 4.78 is 5.97. The molecule has 1 aliphatic rings. The second-order valence-electron chi connectivity index (χ2n) is 9.03. The van der Waals surface area contributed by atoms with E-state index in [0.717, 1.165) is 28.0 Å². The van der Waals surface area contributed by atoms with Gasteiger partial charge in [0.2, 0.25) is 11.7 Å². The molecule has 1 aliphatic heterocycles. The van der Waals surface area contributed by atoms with E-state index in [0.29, 0.717) is 24.6 Å². The maximum atomic E-state index is 13.7. The van der Waals surface area contributed by atoms with Crippen molar-refractivity contribution in [1.29, 1.82) is 0 Å². The average molecular weight is 415 g/mol. The standard InChI is InChI=1S/C24H25N5O2/c1-14-21(31-23(27-14)24(2,3)4)22(30)29-12-11-17-19(26-13-25-17)20(29)18-10-9-15-7-5-6-8-16(15)28-18/h5-10,13,20H,11-12H2,1-4H3,(H,25,26)/t20-/m0/s1. The molecule has 3 aromatic heterocycles. The van der Waals surface area contributed by atoms with E-state index < -0.39 is 6.04 Å². The van der Waals surface area contributed by atoms with Gasteiger partial charge in [-0.05, 0) is 19.1 Å². The van der Waals surface area contributed by atoms with Crippen LogP contribution in [-0.4, -0.2) is 37.3 Å². The number of aromatic amines is 1. The normalized spacial score (nSPS) is 16.5. The second-order valence-corrected chi connectivity index (χ2v) is 9.03. The minimum atomic E-state index is -0.394. The van der Waals surface area contributed by atoms with Crippen LogP contribution >= 0.6 is 0 Å². The molecule has 0 spiro atoms. The number of fused-ring (bicyclic) bond motifs is 2. The predicted molar refractivity (Wildman–Crippen MR) is 117 cm³/mol. The molecule has 1 N–H and O–H groups in total. The highest BCUT2D eigenvalue weighted by molar-refractivity contribution is 5.93. The minimum Gasteiger partial charge on any atom is -0.435 e. The number of nitrogens with zero attached hydrogens (tertiary/aromatic N) is 4. The van der Waals surface area contributed by atoms with Gasteiger partial charge in [-0.1, -0.05) is 45.0 Å². The Bertz CT molecular complexity index is 1280. The number of amides is 1. The lowest BCUT2D eigenvalue weighted by Crippen LogP contribution is -2.41. The van der Waals surface area contributed by atoms with E-state index >= 15 is 0 Å². The van der Waals surface area contributed by atoms with Gasteiger partial charge < -0.3 is 14.3 Å². The number of hydrogen-bond donors (Lipinski definition) is 1. The first-order valence-electron chi connectivity index (χ1n) is 10.5. The van der Waals surface area contributed by atoms with Crippen molar-refractivity contribution in [3.8, 4) is 0 Å². The Balaban J connectivity index is 1.60. The topological polar surface area (TPSA) is 87.9 Å². The van der Waals surface area contributed by atoms with Crippen LogP contribution in [0.4, 0.5) is 0 Å². The summed E-state index contributed by atoms with van der Waals surface area (Å²) in [5, 5.41) is 1.06. The van der Waals surface area contributed by atoms with Crippen LogP contribution in [-0.2, 0) is 11.8 Å². The number of rotatable bonds is 2. The van der Waals surface area contributed by atoms with Crippen molar-refractivity contribution in [3.63, 3.8) is 0 Å². The van der Waals surface area contributed by atoms with Crippen molar-refractivity contribution < 1.29 is 9.21 Å². The molecule has 31 heavy (non-hydrogen) atoms. The van der Waals surface area contributed by atoms with Crippen molar-refractivity contribution in [2.75, 3.05) is 6.54 Å². The quantitative estimate of drug-likeness (QED) is 0.526. The first kappa shape index (κ1) is 19.5. The fourth-order valence-electron chi connectivity index (χ4n) is 4.08. The Hall–Kier alpha value is -3.48. The van der Waals surface area contributed by atoms with E-state index in [1.165, 1.54) is 0 Å². The van der Waals surface area contributed by atoms with Gasteiger partial charge >= 0.3 is 0 Å². The van der Waals surface area contributed by atoms with E-state index in [4.69, 9.17) is 9.40 Å². The average Bonchev–Trinajstić information content (AvgIpc) is 3.38. The molecule has 4 aromatic rings. The highest BCUT2D eigenvalue weighted by atomic mass is 16.4. The fourth-order valence-corrected chi connectivity index (χ4v) is 4.08. The molecule has 7 nitrogen and oxygen atoms in total. The van der Waals surface area contributed by atoms with Gasteiger partial charge in [0, 0.05) is 29.5 Å². The molecule has 1 atom stereocenters. The Kier molecular flexibility index (Phi) is 4.43. The number of benzene rings is 1. The van der Waals surface area contributed by atoms with Crippen molar-refractivity contribution in [2.24, 2.45) is 0 Å². The number of imidazole rings is 1. The third-order valence-electron chi connectivity index (χ3n) is 5.72. The van der Waals surface area contributed by atoms with Gasteiger partial charge in [0.15, 0.2) is 0 Å². The van der Waals surface area contributed by atoms with Crippen LogP contribution in [0.25, 0.3) is 10.9 Å². The molecule has 0 radical (unpaired) electrons. The van der Waals surface area contributed by atoms with Crippen LogP contribution in [0.15, 0.2) is 47.1 Å². The molecule has 0 unspecified atom stereocenters. The van der Waals surface area contributed by atoms with Gasteiger partial charge in [0.05, 0.1) is 28.9 Å². The lowest BCUT2D eigenvalue weighted by molar-refractivity contribution is 0.0650. The van der Waals surface area contributed by atoms with Gasteiger partial charge in [0.1, 0.15) is 6.04 Å². The molecule has 158 valence electrons. The van der Waals surface area contributed by atoms with Crippen LogP contribution in [0.2, 0.25) is 0 Å². The molecule has 0 fully saturated rings. The zero-order chi connectivity index (χ0) is 21.8. The van der Waals surface area contributed by atoms with Crippen LogP contribution in [0.5, 0.6) is 0 Å².